The fraction of sp³-hybridized carbons (Fsp3) is 0.962. The molecule has 103 heavy (non-hydrogen) atoms. The van der Waals surface area contributed by atoms with Crippen molar-refractivity contribution < 1.29 is 117 Å². The molecule has 2 aliphatic heterocycles. The summed E-state index contributed by atoms with van der Waals surface area (Å²) in [5.74, 6) is -1.27. The number of aliphatic hydroxyl groups is 10. The van der Waals surface area contributed by atoms with Crippen molar-refractivity contribution in [2.75, 3.05) is 26.4 Å². The molecule has 19 unspecified atom stereocenters. The van der Waals surface area contributed by atoms with E-state index in [4.69, 9.17) is 42.2 Å². The zero-order valence-corrected chi connectivity index (χ0v) is 64.9. The smallest absolute Gasteiger partial charge is 0.463 e. The van der Waals surface area contributed by atoms with Crippen LogP contribution in [0.4, 0.5) is 0 Å². The van der Waals surface area contributed by atoms with Crippen LogP contribution in [0.1, 0.15) is 342 Å². The van der Waals surface area contributed by atoms with Crippen molar-refractivity contribution in [2.45, 2.75) is 446 Å². The molecule has 1 aliphatic carbocycles. The van der Waals surface area contributed by atoms with Gasteiger partial charge >= 0.3 is 25.7 Å². The van der Waals surface area contributed by atoms with Crippen molar-refractivity contribution >= 4 is 25.7 Å². The minimum absolute atomic E-state index is 0.0311. The molecule has 0 aromatic rings. The summed E-state index contributed by atoms with van der Waals surface area (Å²) in [4.78, 5) is 51.2. The van der Waals surface area contributed by atoms with Gasteiger partial charge in [0.1, 0.15) is 98.7 Å². The number of carbonyl (C=O) groups excluding carboxylic acids is 3. The minimum Gasteiger partial charge on any atom is -0.463 e. The molecule has 11 N–H and O–H groups in total. The molecule has 3 aliphatic rings. The first-order chi connectivity index (χ1) is 49.7. The molecule has 0 aromatic carbocycles. The van der Waals surface area contributed by atoms with Crippen LogP contribution in [0, 0.1) is 5.92 Å². The molecule has 0 bridgehead atoms. The molecule has 3 rings (SSSR count). The van der Waals surface area contributed by atoms with Crippen molar-refractivity contribution in [1.29, 1.82) is 0 Å². The normalized spacial score (nSPS) is 27.1. The molecule has 1 saturated carbocycles. The lowest BCUT2D eigenvalue weighted by molar-refractivity contribution is -0.360. The van der Waals surface area contributed by atoms with Gasteiger partial charge in [0.25, 0.3) is 0 Å². The Bertz CT molecular complexity index is 2130. The van der Waals surface area contributed by atoms with E-state index in [1.54, 1.807) is 0 Å². The predicted octanol–water partition coefficient (Wildman–Crippen LogP) is 12.8. The lowest BCUT2D eigenvalue weighted by Crippen LogP contribution is -2.69. The van der Waals surface area contributed by atoms with E-state index in [0.717, 1.165) is 89.9 Å². The number of hydrogen-bond acceptors (Lipinski definition) is 23. The van der Waals surface area contributed by atoms with Crippen molar-refractivity contribution in [3.8, 4) is 0 Å². The number of phosphoric acid groups is 1. The molecule has 2 heterocycles. The van der Waals surface area contributed by atoms with E-state index in [9.17, 15) is 74.9 Å². The third kappa shape index (κ3) is 41.5. The maximum absolute atomic E-state index is 14.4. The lowest BCUT2D eigenvalue weighted by atomic mass is 9.84. The first kappa shape index (κ1) is 95.2. The molecule has 0 spiro atoms. The van der Waals surface area contributed by atoms with Gasteiger partial charge in [-0.2, -0.15) is 0 Å². The van der Waals surface area contributed by atoms with Crippen LogP contribution in [0.3, 0.4) is 0 Å². The maximum Gasteiger partial charge on any atom is 0.472 e. The highest BCUT2D eigenvalue weighted by atomic mass is 31.2. The average Bonchev–Trinajstić information content (AvgIpc) is 0.762. The summed E-state index contributed by atoms with van der Waals surface area (Å²) in [5.41, 5.74) is 0. The van der Waals surface area contributed by atoms with E-state index < -0.39 is 156 Å². The summed E-state index contributed by atoms with van der Waals surface area (Å²) in [6.45, 7) is 5.83. The topological polar surface area (TPSA) is 374 Å². The van der Waals surface area contributed by atoms with E-state index in [0.29, 0.717) is 25.2 Å². The monoisotopic (exact) mass is 1500 g/mol. The second-order valence-electron chi connectivity index (χ2n) is 30.1. The van der Waals surface area contributed by atoms with E-state index in [-0.39, 0.29) is 19.3 Å². The summed E-state index contributed by atoms with van der Waals surface area (Å²) < 4.78 is 65.3. The van der Waals surface area contributed by atoms with Gasteiger partial charge in [-0.15, -0.1) is 0 Å². The SMILES string of the molecule is CCCCCCCCCCCCCCCCCCC(=O)OCC(COP(=O)(O)OC1C(OC2OC(CO)C(O)C(O)C2O)C(O)C(O)C(O)C1OC1OC(COC(=O)CCCCCCCCC(C)CCCCCCCC)C(O)C(O)C1O)OC(=O)CCCCCCCCCCCCCCCCCC. The highest BCUT2D eigenvalue weighted by Crippen LogP contribution is 2.49. The highest BCUT2D eigenvalue weighted by molar-refractivity contribution is 7.47. The van der Waals surface area contributed by atoms with Gasteiger partial charge in [0.05, 0.1) is 13.2 Å². The first-order valence-corrected chi connectivity index (χ1v) is 42.7. The quantitative estimate of drug-likeness (QED) is 0.0117. The van der Waals surface area contributed by atoms with Crippen LogP contribution < -0.4 is 0 Å². The van der Waals surface area contributed by atoms with Gasteiger partial charge in [-0.05, 0) is 25.2 Å². The van der Waals surface area contributed by atoms with Gasteiger partial charge in [-0.3, -0.25) is 23.4 Å². The van der Waals surface area contributed by atoms with Crippen LogP contribution in [0.25, 0.3) is 0 Å². The Kier molecular flexibility index (Phi) is 54.4. The molecule has 3 fully saturated rings. The third-order valence-electron chi connectivity index (χ3n) is 20.8. The molecular weight excluding hydrogens is 1350 g/mol. The lowest BCUT2D eigenvalue weighted by Gasteiger charge is -2.49. The Balaban J connectivity index is 1.70. The second-order valence-corrected chi connectivity index (χ2v) is 31.5. The standard InChI is InChI=1S/C78H147O24P/c1-5-8-11-14-17-19-21-23-25-27-29-31-33-35-41-46-51-62(80)94-55-59(97-64(82)53-48-43-36-34-32-30-28-26-24-22-20-18-15-12-9-6-2)56-96-103(92,93)102-76-74(100-77-72(90)67(85)65(83)60(54-79)98-77)70(88)69(87)71(89)75(76)101-78-73(91)68(86)66(84)61(99-78)57-95-63(81)52-47-42-38-37-40-45-50-58(4)49-44-39-16-13-10-7-3/h58-61,65-79,83-91H,5-57H2,1-4H3,(H,92,93). The van der Waals surface area contributed by atoms with Crippen molar-refractivity contribution in [1.82, 2.24) is 0 Å². The summed E-state index contributed by atoms with van der Waals surface area (Å²) in [6, 6.07) is 0. The highest BCUT2D eigenvalue weighted by Gasteiger charge is 2.58. The Labute approximate surface area is 619 Å². The number of esters is 3. The van der Waals surface area contributed by atoms with Gasteiger partial charge in [0.2, 0.25) is 0 Å². The van der Waals surface area contributed by atoms with Crippen LogP contribution in [-0.2, 0) is 61.2 Å². The molecule has 25 heteroatoms. The minimum atomic E-state index is -5.70. The maximum atomic E-state index is 14.4. The summed E-state index contributed by atoms with van der Waals surface area (Å²) in [6.07, 6.45) is 17.1. The number of ether oxygens (including phenoxy) is 7. The molecule has 19 atom stereocenters. The van der Waals surface area contributed by atoms with E-state index in [2.05, 4.69) is 27.7 Å². The van der Waals surface area contributed by atoms with Crippen molar-refractivity contribution in [3.63, 3.8) is 0 Å². The first-order valence-electron chi connectivity index (χ1n) is 41.2. The summed E-state index contributed by atoms with van der Waals surface area (Å²) in [7, 11) is -5.70. The fourth-order valence-corrected chi connectivity index (χ4v) is 15.0. The van der Waals surface area contributed by atoms with Crippen LogP contribution >= 0.6 is 7.82 Å². The van der Waals surface area contributed by atoms with Gasteiger partial charge < -0.3 is 89.1 Å². The Morgan fingerprint density at radius 2 is 0.680 bits per heavy atom. The van der Waals surface area contributed by atoms with E-state index in [1.165, 1.54) is 186 Å². The predicted molar refractivity (Wildman–Crippen MR) is 393 cm³/mol. The van der Waals surface area contributed by atoms with Gasteiger partial charge in [-0.25, -0.2) is 4.57 Å². The van der Waals surface area contributed by atoms with E-state index >= 15 is 0 Å². The third-order valence-corrected chi connectivity index (χ3v) is 21.8. The number of hydrogen-bond donors (Lipinski definition) is 11. The Morgan fingerprint density at radius 3 is 1.05 bits per heavy atom. The van der Waals surface area contributed by atoms with Crippen molar-refractivity contribution in [3.05, 3.63) is 0 Å². The van der Waals surface area contributed by atoms with Gasteiger partial charge in [-0.1, -0.05) is 304 Å². The zero-order valence-electron chi connectivity index (χ0n) is 64.0. The fourth-order valence-electron chi connectivity index (χ4n) is 14.0. The van der Waals surface area contributed by atoms with Crippen LogP contribution in [0.15, 0.2) is 0 Å². The molecule has 0 amide bonds. The molecule has 608 valence electrons. The number of rotatable bonds is 65. The number of aliphatic hydroxyl groups excluding tert-OH is 10. The zero-order chi connectivity index (χ0) is 75.5. The molecule has 24 nitrogen and oxygen atoms in total. The number of phosphoric ester groups is 1. The van der Waals surface area contributed by atoms with Crippen LogP contribution in [0.2, 0.25) is 0 Å². The summed E-state index contributed by atoms with van der Waals surface area (Å²) >= 11 is 0. The second kappa shape index (κ2) is 58.9. The van der Waals surface area contributed by atoms with E-state index in [1.807, 2.05) is 0 Å². The Morgan fingerprint density at radius 1 is 0.369 bits per heavy atom. The molecule has 0 radical (unpaired) electrons. The largest absolute Gasteiger partial charge is 0.472 e. The number of unbranched alkanes of at least 4 members (excludes halogenated alkanes) is 40. The van der Waals surface area contributed by atoms with Crippen LogP contribution in [-0.4, -0.2) is 204 Å². The Hall–Kier alpha value is -2.04. The van der Waals surface area contributed by atoms with Gasteiger partial charge in [0.15, 0.2) is 18.7 Å². The molecular formula is C78H147O24P. The molecule has 2 saturated heterocycles. The van der Waals surface area contributed by atoms with Crippen molar-refractivity contribution in [2.24, 2.45) is 5.92 Å². The van der Waals surface area contributed by atoms with Crippen LogP contribution in [0.5, 0.6) is 0 Å². The molecule has 0 aromatic heterocycles. The summed E-state index contributed by atoms with van der Waals surface area (Å²) in [5, 5.41) is 110. The van der Waals surface area contributed by atoms with Gasteiger partial charge in [0, 0.05) is 19.3 Å². The average molecular weight is 1500 g/mol. The number of carbonyl (C=O) groups is 3.